The summed E-state index contributed by atoms with van der Waals surface area (Å²) in [7, 11) is 0. The van der Waals surface area contributed by atoms with Crippen molar-refractivity contribution in [3.8, 4) is 0 Å². The van der Waals surface area contributed by atoms with Crippen LogP contribution in [0.25, 0.3) is 0 Å². The first-order chi connectivity index (χ1) is 13.4. The lowest BCUT2D eigenvalue weighted by Crippen LogP contribution is -2.49. The van der Waals surface area contributed by atoms with E-state index in [9.17, 15) is 14.0 Å². The fourth-order valence-electron chi connectivity index (χ4n) is 3.85. The number of hydrogen-bond donors (Lipinski definition) is 0. The zero-order valence-electron chi connectivity index (χ0n) is 16.8. The van der Waals surface area contributed by atoms with E-state index < -0.39 is 0 Å². The van der Waals surface area contributed by atoms with Gasteiger partial charge in [0.2, 0.25) is 11.8 Å². The van der Waals surface area contributed by atoms with E-state index in [1.165, 1.54) is 12.1 Å². The molecule has 0 bridgehead atoms. The molecule has 2 heterocycles. The lowest BCUT2D eigenvalue weighted by Gasteiger charge is -2.35. The van der Waals surface area contributed by atoms with E-state index in [-0.39, 0.29) is 29.6 Å². The molecule has 3 rings (SSSR count). The maximum absolute atomic E-state index is 13.2. The summed E-state index contributed by atoms with van der Waals surface area (Å²) in [5, 5.41) is 0. The second kappa shape index (κ2) is 9.47. The molecule has 0 aromatic heterocycles. The molecule has 2 aliphatic heterocycles. The molecule has 154 valence electrons. The second-order valence-corrected chi connectivity index (χ2v) is 7.94. The molecule has 0 saturated carbocycles. The maximum atomic E-state index is 13.2. The Kier molecular flexibility index (Phi) is 7.02. The van der Waals surface area contributed by atoms with E-state index in [0.29, 0.717) is 58.9 Å². The largest absolute Gasteiger partial charge is 0.378 e. The van der Waals surface area contributed by atoms with Crippen LogP contribution in [-0.4, -0.2) is 78.5 Å². The predicted molar refractivity (Wildman–Crippen MR) is 104 cm³/mol. The number of amides is 2. The molecule has 0 unspecified atom stereocenters. The summed E-state index contributed by atoms with van der Waals surface area (Å²) in [4.78, 5) is 31.3. The van der Waals surface area contributed by atoms with Gasteiger partial charge in [0.1, 0.15) is 5.82 Å². The second-order valence-electron chi connectivity index (χ2n) is 7.94. The van der Waals surface area contributed by atoms with Crippen LogP contribution in [-0.2, 0) is 20.9 Å². The standard InChI is InChI=1S/C21H30FN3O3/c1-16(2)19-14-23(15-21(27)24-9-11-28-12-10-24)8-7-20(26)25(19)13-17-3-5-18(22)6-4-17/h3-6,16,19H,7-15H2,1-2H3/t19-/m1/s1. The molecule has 2 saturated heterocycles. The summed E-state index contributed by atoms with van der Waals surface area (Å²) < 4.78 is 18.5. The third-order valence-corrected chi connectivity index (χ3v) is 5.57. The van der Waals surface area contributed by atoms with Gasteiger partial charge in [-0.3, -0.25) is 14.5 Å². The van der Waals surface area contributed by atoms with Crippen molar-refractivity contribution in [3.05, 3.63) is 35.6 Å². The predicted octanol–water partition coefficient (Wildman–Crippen LogP) is 1.74. The summed E-state index contributed by atoms with van der Waals surface area (Å²) in [5.74, 6) is 0.164. The van der Waals surface area contributed by atoms with Crippen molar-refractivity contribution < 1.29 is 18.7 Å². The normalized spacial score (nSPS) is 21.9. The van der Waals surface area contributed by atoms with E-state index in [1.807, 2.05) is 9.80 Å². The van der Waals surface area contributed by atoms with Crippen molar-refractivity contribution >= 4 is 11.8 Å². The molecular weight excluding hydrogens is 361 g/mol. The minimum atomic E-state index is -0.279. The van der Waals surface area contributed by atoms with Gasteiger partial charge < -0.3 is 14.5 Å². The van der Waals surface area contributed by atoms with Crippen LogP contribution in [0.15, 0.2) is 24.3 Å². The Morgan fingerprint density at radius 2 is 1.86 bits per heavy atom. The Labute approximate surface area is 166 Å². The Hall–Kier alpha value is -1.99. The molecule has 2 amide bonds. The number of ether oxygens (including phenoxy) is 1. The molecule has 0 spiro atoms. The van der Waals surface area contributed by atoms with E-state index >= 15 is 0 Å². The smallest absolute Gasteiger partial charge is 0.236 e. The van der Waals surface area contributed by atoms with Gasteiger partial charge in [0.25, 0.3) is 0 Å². The third-order valence-electron chi connectivity index (χ3n) is 5.57. The minimum absolute atomic E-state index is 0.0116. The highest BCUT2D eigenvalue weighted by Crippen LogP contribution is 2.21. The van der Waals surface area contributed by atoms with Crippen LogP contribution in [0.4, 0.5) is 4.39 Å². The Balaban J connectivity index is 1.68. The van der Waals surface area contributed by atoms with Gasteiger partial charge in [0.15, 0.2) is 0 Å². The number of rotatable bonds is 5. The number of carbonyl (C=O) groups is 2. The number of carbonyl (C=O) groups excluding carboxylic acids is 2. The molecule has 1 atom stereocenters. The molecule has 0 radical (unpaired) electrons. The molecule has 2 fully saturated rings. The quantitative estimate of drug-likeness (QED) is 0.767. The molecule has 0 aliphatic carbocycles. The monoisotopic (exact) mass is 391 g/mol. The first kappa shape index (κ1) is 20.7. The van der Waals surface area contributed by atoms with Gasteiger partial charge in [-0.05, 0) is 23.6 Å². The average Bonchev–Trinajstić information content (AvgIpc) is 2.84. The number of halogens is 1. The van der Waals surface area contributed by atoms with Crippen LogP contribution in [0.5, 0.6) is 0 Å². The molecule has 7 heteroatoms. The lowest BCUT2D eigenvalue weighted by atomic mass is 10.0. The fraction of sp³-hybridized carbons (Fsp3) is 0.619. The molecule has 1 aromatic rings. The van der Waals surface area contributed by atoms with Gasteiger partial charge in [-0.2, -0.15) is 0 Å². The van der Waals surface area contributed by atoms with Crippen molar-refractivity contribution in [1.82, 2.24) is 14.7 Å². The maximum Gasteiger partial charge on any atom is 0.236 e. The van der Waals surface area contributed by atoms with Gasteiger partial charge in [-0.15, -0.1) is 0 Å². The summed E-state index contributed by atoms with van der Waals surface area (Å²) in [5.41, 5.74) is 0.915. The number of nitrogens with zero attached hydrogens (tertiary/aromatic N) is 3. The van der Waals surface area contributed by atoms with E-state index in [4.69, 9.17) is 4.74 Å². The van der Waals surface area contributed by atoms with Crippen LogP contribution in [0.2, 0.25) is 0 Å². The lowest BCUT2D eigenvalue weighted by molar-refractivity contribution is -0.136. The first-order valence-corrected chi connectivity index (χ1v) is 10.1. The van der Waals surface area contributed by atoms with Crippen LogP contribution < -0.4 is 0 Å². The highest BCUT2D eigenvalue weighted by Gasteiger charge is 2.33. The topological polar surface area (TPSA) is 53.1 Å². The highest BCUT2D eigenvalue weighted by atomic mass is 19.1. The molecule has 28 heavy (non-hydrogen) atoms. The number of benzene rings is 1. The van der Waals surface area contributed by atoms with Crippen molar-refractivity contribution in [2.24, 2.45) is 5.92 Å². The minimum Gasteiger partial charge on any atom is -0.378 e. The molecule has 1 aromatic carbocycles. The summed E-state index contributed by atoms with van der Waals surface area (Å²) in [6, 6.07) is 6.32. The molecule has 6 nitrogen and oxygen atoms in total. The van der Waals surface area contributed by atoms with Crippen molar-refractivity contribution in [1.29, 1.82) is 0 Å². The van der Waals surface area contributed by atoms with Crippen molar-refractivity contribution in [2.75, 3.05) is 45.9 Å². The van der Waals surface area contributed by atoms with Crippen LogP contribution in [0.3, 0.4) is 0 Å². The molecular formula is C21H30FN3O3. The third kappa shape index (κ3) is 5.29. The van der Waals surface area contributed by atoms with Gasteiger partial charge in [-0.1, -0.05) is 26.0 Å². The average molecular weight is 391 g/mol. The zero-order chi connectivity index (χ0) is 20.1. The highest BCUT2D eigenvalue weighted by molar-refractivity contribution is 5.79. The SMILES string of the molecule is CC(C)[C@H]1CN(CC(=O)N2CCOCC2)CCC(=O)N1Cc1ccc(F)cc1. The van der Waals surface area contributed by atoms with Gasteiger partial charge >= 0.3 is 0 Å². The zero-order valence-corrected chi connectivity index (χ0v) is 16.8. The van der Waals surface area contributed by atoms with Crippen molar-refractivity contribution in [2.45, 2.75) is 32.9 Å². The van der Waals surface area contributed by atoms with Gasteiger partial charge in [0, 0.05) is 45.2 Å². The van der Waals surface area contributed by atoms with Gasteiger partial charge in [-0.25, -0.2) is 4.39 Å². The van der Waals surface area contributed by atoms with Crippen LogP contribution >= 0.6 is 0 Å². The van der Waals surface area contributed by atoms with E-state index in [1.54, 1.807) is 12.1 Å². The first-order valence-electron chi connectivity index (χ1n) is 10.1. The number of hydrogen-bond acceptors (Lipinski definition) is 4. The Morgan fingerprint density at radius 3 is 2.50 bits per heavy atom. The summed E-state index contributed by atoms with van der Waals surface area (Å²) in [6.45, 7) is 8.69. The van der Waals surface area contributed by atoms with Gasteiger partial charge in [0.05, 0.1) is 19.8 Å². The van der Waals surface area contributed by atoms with Crippen molar-refractivity contribution in [3.63, 3.8) is 0 Å². The molecule has 2 aliphatic rings. The molecule has 0 N–H and O–H groups in total. The summed E-state index contributed by atoms with van der Waals surface area (Å²) >= 11 is 0. The van der Waals surface area contributed by atoms with E-state index in [0.717, 1.165) is 5.56 Å². The van der Waals surface area contributed by atoms with Crippen LogP contribution in [0.1, 0.15) is 25.8 Å². The Morgan fingerprint density at radius 1 is 1.18 bits per heavy atom. The van der Waals surface area contributed by atoms with E-state index in [2.05, 4.69) is 18.7 Å². The fourth-order valence-corrected chi connectivity index (χ4v) is 3.85. The Bertz CT molecular complexity index is 674. The summed E-state index contributed by atoms with van der Waals surface area (Å²) in [6.07, 6.45) is 0.390. The van der Waals surface area contributed by atoms with Crippen LogP contribution in [0, 0.1) is 11.7 Å². The number of morpholine rings is 1.